The first-order chi connectivity index (χ1) is 10.7. The number of phenols is 1. The molecule has 2 rings (SSSR count). The average molecular weight is 422 g/mol. The molecule has 0 saturated carbocycles. The number of phenolic OH excluding ortho intramolecular Hbond substituents is 1. The van der Waals surface area contributed by atoms with Gasteiger partial charge >= 0.3 is 0 Å². The first-order valence-corrected chi connectivity index (χ1v) is 12.3. The molecule has 0 fully saturated rings. The second-order valence-corrected chi connectivity index (χ2v) is 8.68. The molecule has 2 radical (unpaired) electrons. The van der Waals surface area contributed by atoms with E-state index in [-0.39, 0.29) is 0 Å². The quantitative estimate of drug-likeness (QED) is 0.247. The second kappa shape index (κ2) is 9.35. The lowest BCUT2D eigenvalue weighted by molar-refractivity contribution is 0.474. The Hall–Kier alpha value is -0.813. The van der Waals surface area contributed by atoms with Gasteiger partial charge in [-0.2, -0.15) is 0 Å². The minimum Gasteiger partial charge on any atom is -0.508 e. The lowest BCUT2D eigenvalue weighted by Gasteiger charge is -2.11. The summed E-state index contributed by atoms with van der Waals surface area (Å²) in [6.07, 6.45) is 5.88. The van der Waals surface area contributed by atoms with Crippen LogP contribution in [-0.4, -0.2) is 12.1 Å². The van der Waals surface area contributed by atoms with E-state index in [0.717, 1.165) is 19.9 Å². The summed E-state index contributed by atoms with van der Waals surface area (Å²) in [4.78, 5) is 0. The molecular weight excluding hydrogens is 399 g/mol. The van der Waals surface area contributed by atoms with Gasteiger partial charge in [-0.25, -0.2) is 0 Å². The Labute approximate surface area is 149 Å². The second-order valence-electron chi connectivity index (χ2n) is 5.63. The molecule has 0 saturated heterocycles. The van der Waals surface area contributed by atoms with Crippen molar-refractivity contribution in [1.82, 2.24) is 0 Å². The topological polar surface area (TPSA) is 20.2 Å². The van der Waals surface area contributed by atoms with Crippen LogP contribution in [0.3, 0.4) is 0 Å². The van der Waals surface area contributed by atoms with Crippen molar-refractivity contribution in [2.45, 2.75) is 45.1 Å². The highest BCUT2D eigenvalue weighted by Crippen LogP contribution is 2.29. The van der Waals surface area contributed by atoms with Crippen LogP contribution < -0.4 is 0 Å². The highest BCUT2D eigenvalue weighted by atomic mass is 127. The van der Waals surface area contributed by atoms with Crippen LogP contribution in [0.1, 0.15) is 37.3 Å². The van der Waals surface area contributed by atoms with Crippen molar-refractivity contribution in [3.63, 3.8) is 0 Å². The first kappa shape index (κ1) is 17.5. The number of aryl methyl sites for hydroxylation is 2. The van der Waals surface area contributed by atoms with Gasteiger partial charge in [0.05, 0.1) is 0 Å². The minimum absolute atomic E-state index is 0.371. The third-order valence-corrected chi connectivity index (χ3v) is 6.05. The Morgan fingerprint density at radius 1 is 1.00 bits per heavy atom. The summed E-state index contributed by atoms with van der Waals surface area (Å²) < 4.78 is 0. The van der Waals surface area contributed by atoms with Crippen LogP contribution in [0, 0.1) is 0 Å². The van der Waals surface area contributed by atoms with E-state index in [9.17, 15) is 5.11 Å². The lowest BCUT2D eigenvalue weighted by Crippen LogP contribution is -1.92. The van der Waals surface area contributed by atoms with Crippen molar-refractivity contribution in [3.8, 4) is 16.9 Å². The molecule has 3 heteroatoms. The van der Waals surface area contributed by atoms with Gasteiger partial charge in [0.25, 0.3) is 0 Å². The number of halogens is 1. The monoisotopic (exact) mass is 422 g/mol. The Morgan fingerprint density at radius 2 is 1.77 bits per heavy atom. The molecular formula is C19H23IOSi. The summed E-state index contributed by atoms with van der Waals surface area (Å²) in [5.74, 6) is 0.371. The van der Waals surface area contributed by atoms with E-state index < -0.39 is 0 Å². The van der Waals surface area contributed by atoms with Crippen LogP contribution >= 0.6 is 21.8 Å². The fraction of sp³-hybridized carbons (Fsp3) is 0.368. The van der Waals surface area contributed by atoms with Crippen molar-refractivity contribution < 1.29 is 5.11 Å². The maximum Gasteiger partial charge on any atom is 0.130 e. The third-order valence-electron chi connectivity index (χ3n) is 3.89. The fourth-order valence-corrected chi connectivity index (χ4v) is 4.10. The zero-order valence-electron chi connectivity index (χ0n) is 13.1. The molecule has 0 aromatic heterocycles. The summed E-state index contributed by atoms with van der Waals surface area (Å²) in [7, 11) is 0.975. The standard InChI is InChI=1S/C19H23IOSi/c1-2-3-5-15-7-9-16(10-8-15)19-12-11-18(21)14-17(19)6-4-13-22-20/h7-12,14,21H,2-6,13H2,1H3. The molecule has 0 aliphatic heterocycles. The van der Waals surface area contributed by atoms with Gasteiger partial charge in [0.15, 0.2) is 0 Å². The van der Waals surface area contributed by atoms with E-state index in [0.29, 0.717) is 5.75 Å². The molecule has 0 heterocycles. The molecule has 0 aliphatic rings. The van der Waals surface area contributed by atoms with E-state index in [4.69, 9.17) is 0 Å². The van der Waals surface area contributed by atoms with Gasteiger partial charge in [-0.3, -0.25) is 0 Å². The predicted octanol–water partition coefficient (Wildman–Crippen LogP) is 5.81. The predicted molar refractivity (Wildman–Crippen MR) is 105 cm³/mol. The van der Waals surface area contributed by atoms with Crippen molar-refractivity contribution in [2.75, 3.05) is 0 Å². The SMILES string of the molecule is CCCCc1ccc(-c2ccc(O)cc2CCC[Si]I)cc1. The molecule has 2 aromatic rings. The van der Waals surface area contributed by atoms with Crippen LogP contribution in [0.15, 0.2) is 42.5 Å². The van der Waals surface area contributed by atoms with Gasteiger partial charge < -0.3 is 5.11 Å². The van der Waals surface area contributed by atoms with Crippen molar-refractivity contribution in [1.29, 1.82) is 0 Å². The van der Waals surface area contributed by atoms with Gasteiger partial charge in [0.1, 0.15) is 12.8 Å². The Kier molecular flexibility index (Phi) is 7.46. The van der Waals surface area contributed by atoms with Gasteiger partial charge in [-0.1, -0.05) is 56.1 Å². The fourth-order valence-electron chi connectivity index (χ4n) is 2.65. The number of hydrogen-bond acceptors (Lipinski definition) is 1. The van der Waals surface area contributed by atoms with E-state index in [1.807, 2.05) is 6.07 Å². The number of hydrogen-bond donors (Lipinski definition) is 1. The zero-order chi connectivity index (χ0) is 15.8. The molecule has 0 unspecified atom stereocenters. The molecule has 0 atom stereocenters. The Morgan fingerprint density at radius 3 is 2.45 bits per heavy atom. The van der Waals surface area contributed by atoms with Gasteiger partial charge in [-0.05, 0) is 53.6 Å². The number of unbranched alkanes of at least 4 members (excludes halogenated alkanes) is 1. The van der Waals surface area contributed by atoms with Crippen LogP contribution in [0.4, 0.5) is 0 Å². The van der Waals surface area contributed by atoms with Gasteiger partial charge in [0.2, 0.25) is 0 Å². The van der Waals surface area contributed by atoms with Crippen LogP contribution in [-0.2, 0) is 12.8 Å². The molecule has 2 aromatic carbocycles. The highest BCUT2D eigenvalue weighted by molar-refractivity contribution is 14.1. The van der Waals surface area contributed by atoms with Crippen molar-refractivity contribution in [2.24, 2.45) is 0 Å². The number of aromatic hydroxyl groups is 1. The molecule has 0 spiro atoms. The maximum absolute atomic E-state index is 9.78. The smallest absolute Gasteiger partial charge is 0.130 e. The van der Waals surface area contributed by atoms with Crippen molar-refractivity contribution in [3.05, 3.63) is 53.6 Å². The molecule has 0 amide bonds. The Bertz CT molecular complexity index is 580. The first-order valence-electron chi connectivity index (χ1n) is 7.99. The number of benzene rings is 2. The Balaban J connectivity index is 2.19. The summed E-state index contributed by atoms with van der Waals surface area (Å²) in [6.45, 7) is 2.23. The van der Waals surface area contributed by atoms with Crippen LogP contribution in [0.2, 0.25) is 6.04 Å². The van der Waals surface area contributed by atoms with Gasteiger partial charge in [0, 0.05) is 0 Å². The van der Waals surface area contributed by atoms with Crippen molar-refractivity contribution >= 4 is 28.8 Å². The normalized spacial score (nSPS) is 10.8. The average Bonchev–Trinajstić information content (AvgIpc) is 2.54. The van der Waals surface area contributed by atoms with E-state index in [1.165, 1.54) is 47.6 Å². The van der Waals surface area contributed by atoms with E-state index in [2.05, 4.69) is 59.1 Å². The summed E-state index contributed by atoms with van der Waals surface area (Å²) in [5, 5.41) is 9.78. The molecule has 1 nitrogen and oxygen atoms in total. The highest BCUT2D eigenvalue weighted by Gasteiger charge is 2.07. The summed E-state index contributed by atoms with van der Waals surface area (Å²) in [6, 6.07) is 16.0. The van der Waals surface area contributed by atoms with Gasteiger partial charge in [-0.15, -0.1) is 21.8 Å². The van der Waals surface area contributed by atoms with Crippen LogP contribution in [0.25, 0.3) is 11.1 Å². The largest absolute Gasteiger partial charge is 0.508 e. The summed E-state index contributed by atoms with van der Waals surface area (Å²) in [5.41, 5.74) is 5.19. The van der Waals surface area contributed by atoms with Crippen LogP contribution in [0.5, 0.6) is 5.75 Å². The summed E-state index contributed by atoms with van der Waals surface area (Å²) >= 11 is 2.45. The van der Waals surface area contributed by atoms with E-state index >= 15 is 0 Å². The molecule has 22 heavy (non-hydrogen) atoms. The lowest BCUT2D eigenvalue weighted by atomic mass is 9.95. The molecule has 116 valence electrons. The third kappa shape index (κ3) is 5.13. The zero-order valence-corrected chi connectivity index (χ0v) is 16.3. The molecule has 0 aliphatic carbocycles. The molecule has 0 bridgehead atoms. The number of rotatable bonds is 8. The minimum atomic E-state index is 0.371. The molecule has 1 N–H and O–H groups in total. The van der Waals surface area contributed by atoms with E-state index in [1.54, 1.807) is 6.07 Å². The maximum atomic E-state index is 9.78.